The first kappa shape index (κ1) is 37.0. The first-order valence-electron chi connectivity index (χ1n) is 14.2. The molecule has 0 saturated carbocycles. The van der Waals surface area contributed by atoms with Crippen LogP contribution in [-0.2, 0) is 9.59 Å². The van der Waals surface area contributed by atoms with Gasteiger partial charge in [0.15, 0.2) is 6.29 Å². The Hall–Kier alpha value is -0.980. The summed E-state index contributed by atoms with van der Waals surface area (Å²) in [4.78, 5) is 23.7. The summed E-state index contributed by atoms with van der Waals surface area (Å²) in [6, 6.07) is -1.37. The SMILES string of the molecule is C=C(CCCCCCCNC)NC(CCSSCCC(NC(=O)CCCCCCCNC)C(=O)O)C(O)O. The van der Waals surface area contributed by atoms with Crippen molar-refractivity contribution in [1.29, 1.82) is 0 Å². The van der Waals surface area contributed by atoms with Crippen molar-refractivity contribution < 1.29 is 24.9 Å². The highest BCUT2D eigenvalue weighted by Crippen LogP contribution is 2.24. The summed E-state index contributed by atoms with van der Waals surface area (Å²) < 4.78 is 0. The van der Waals surface area contributed by atoms with E-state index in [0.29, 0.717) is 30.8 Å². The number of unbranched alkanes of at least 4 members (excludes halogenated alkanes) is 8. The smallest absolute Gasteiger partial charge is 0.326 e. The predicted molar refractivity (Wildman–Crippen MR) is 161 cm³/mol. The van der Waals surface area contributed by atoms with Gasteiger partial charge in [0, 0.05) is 23.6 Å². The summed E-state index contributed by atoms with van der Waals surface area (Å²) in [6.07, 6.45) is 11.5. The number of nitrogens with one attached hydrogen (secondary N) is 4. The summed E-state index contributed by atoms with van der Waals surface area (Å²) >= 11 is 0. The Kier molecular flexibility index (Phi) is 25.6. The number of aliphatic hydroxyl groups excluding tert-OH is 1. The maximum absolute atomic E-state index is 12.1. The lowest BCUT2D eigenvalue weighted by Crippen LogP contribution is -2.41. The molecule has 2 unspecified atom stereocenters. The molecule has 0 aromatic rings. The van der Waals surface area contributed by atoms with Gasteiger partial charge in [0.25, 0.3) is 0 Å². The average Bonchev–Trinajstić information content (AvgIpc) is 2.87. The van der Waals surface area contributed by atoms with Gasteiger partial charge in [0.1, 0.15) is 6.04 Å². The van der Waals surface area contributed by atoms with Crippen LogP contribution >= 0.6 is 21.6 Å². The Morgan fingerprint density at radius 3 is 1.76 bits per heavy atom. The molecule has 1 amide bonds. The fourth-order valence-corrected chi connectivity index (χ4v) is 6.10. The van der Waals surface area contributed by atoms with Crippen LogP contribution in [0.1, 0.15) is 89.9 Å². The van der Waals surface area contributed by atoms with Crippen molar-refractivity contribution in [3.05, 3.63) is 12.3 Å². The number of allylic oxidation sites excluding steroid dienone is 1. The van der Waals surface area contributed by atoms with E-state index >= 15 is 0 Å². The maximum atomic E-state index is 12.1. The van der Waals surface area contributed by atoms with Gasteiger partial charge in [-0.2, -0.15) is 0 Å². The van der Waals surface area contributed by atoms with Gasteiger partial charge in [-0.05, 0) is 72.1 Å². The summed E-state index contributed by atoms with van der Waals surface area (Å²) in [5.74, 6) is 0.0379. The molecular weight excluding hydrogens is 524 g/mol. The van der Waals surface area contributed by atoms with Gasteiger partial charge in [0.2, 0.25) is 5.91 Å². The second-order valence-corrected chi connectivity index (χ2v) is 12.4. The molecule has 0 fully saturated rings. The zero-order chi connectivity index (χ0) is 28.4. The fraction of sp³-hybridized carbons (Fsp3) is 0.852. The molecule has 0 aliphatic rings. The number of hydrogen-bond acceptors (Lipinski definition) is 9. The summed E-state index contributed by atoms with van der Waals surface area (Å²) in [7, 11) is 7.00. The molecule has 38 heavy (non-hydrogen) atoms. The van der Waals surface area contributed by atoms with Crippen LogP contribution in [0.5, 0.6) is 0 Å². The number of carboxylic acids is 1. The Balaban J connectivity index is 4.02. The Bertz CT molecular complexity index is 614. The monoisotopic (exact) mass is 578 g/mol. The standard InChI is InChI=1S/C27H54N4O5S2/c1-22(14-10-6-4-8-12-18-28-2)30-23(26(33)34)16-20-37-38-21-17-24(27(35)36)31-25(32)15-11-7-5-9-13-19-29-3/h23-24,26,28-30,33-34H,1,4-21H2,2-3H3,(H,31,32)(H,35,36). The number of carboxylic acid groups (broad SMARTS) is 1. The zero-order valence-electron chi connectivity index (χ0n) is 23.6. The number of hydrogen-bond donors (Lipinski definition) is 7. The fourth-order valence-electron chi connectivity index (χ4n) is 3.90. The van der Waals surface area contributed by atoms with Gasteiger partial charge in [-0.3, -0.25) is 4.79 Å². The molecule has 2 atom stereocenters. The van der Waals surface area contributed by atoms with Crippen LogP contribution in [0.15, 0.2) is 12.3 Å². The summed E-state index contributed by atoms with van der Waals surface area (Å²) in [6.45, 7) is 6.09. The third-order valence-electron chi connectivity index (χ3n) is 6.20. The highest BCUT2D eigenvalue weighted by molar-refractivity contribution is 8.76. The highest BCUT2D eigenvalue weighted by atomic mass is 33.1. The van der Waals surface area contributed by atoms with E-state index in [1.54, 1.807) is 10.8 Å². The van der Waals surface area contributed by atoms with Crippen molar-refractivity contribution in [3.63, 3.8) is 0 Å². The number of aliphatic hydroxyl groups is 2. The molecule has 0 heterocycles. The maximum Gasteiger partial charge on any atom is 0.326 e. The highest BCUT2D eigenvalue weighted by Gasteiger charge is 2.20. The van der Waals surface area contributed by atoms with Crippen molar-refractivity contribution in [1.82, 2.24) is 21.3 Å². The van der Waals surface area contributed by atoms with E-state index in [1.807, 2.05) is 14.1 Å². The van der Waals surface area contributed by atoms with Crippen molar-refractivity contribution >= 4 is 33.5 Å². The number of carbonyl (C=O) groups excluding carboxylic acids is 1. The van der Waals surface area contributed by atoms with E-state index in [9.17, 15) is 24.9 Å². The zero-order valence-corrected chi connectivity index (χ0v) is 25.3. The van der Waals surface area contributed by atoms with Crippen molar-refractivity contribution in [2.45, 2.75) is 108 Å². The van der Waals surface area contributed by atoms with Gasteiger partial charge in [-0.1, -0.05) is 66.7 Å². The Morgan fingerprint density at radius 2 is 1.24 bits per heavy atom. The van der Waals surface area contributed by atoms with Crippen LogP contribution in [-0.4, -0.2) is 84.3 Å². The minimum Gasteiger partial charge on any atom is -0.480 e. The molecule has 11 heteroatoms. The molecular formula is C27H54N4O5S2. The van der Waals surface area contributed by atoms with Crippen LogP contribution in [0.4, 0.5) is 0 Å². The minimum atomic E-state index is -1.47. The molecule has 0 aliphatic carbocycles. The largest absolute Gasteiger partial charge is 0.480 e. The lowest BCUT2D eigenvalue weighted by Gasteiger charge is -2.23. The molecule has 0 rings (SSSR count). The molecule has 0 bridgehead atoms. The Morgan fingerprint density at radius 1 is 0.737 bits per heavy atom. The van der Waals surface area contributed by atoms with Crippen LogP contribution in [0, 0.1) is 0 Å². The van der Waals surface area contributed by atoms with Crippen LogP contribution in [0.3, 0.4) is 0 Å². The van der Waals surface area contributed by atoms with E-state index in [4.69, 9.17) is 0 Å². The predicted octanol–water partition coefficient (Wildman–Crippen LogP) is 3.62. The van der Waals surface area contributed by atoms with E-state index in [0.717, 1.165) is 70.2 Å². The number of amides is 1. The number of aliphatic carboxylic acids is 1. The lowest BCUT2D eigenvalue weighted by molar-refractivity contribution is -0.141. The Labute approximate surface area is 238 Å². The molecule has 0 saturated heterocycles. The molecule has 7 N–H and O–H groups in total. The summed E-state index contributed by atoms with van der Waals surface area (Å²) in [5.41, 5.74) is 0.824. The quantitative estimate of drug-likeness (QED) is 0.0418. The molecule has 0 aromatic carbocycles. The van der Waals surface area contributed by atoms with Crippen molar-refractivity contribution in [2.24, 2.45) is 0 Å². The second kappa shape index (κ2) is 26.3. The summed E-state index contributed by atoms with van der Waals surface area (Å²) in [5, 5.41) is 41.0. The van der Waals surface area contributed by atoms with Crippen molar-refractivity contribution in [2.75, 3.05) is 38.7 Å². The van der Waals surface area contributed by atoms with Crippen molar-refractivity contribution in [3.8, 4) is 0 Å². The van der Waals surface area contributed by atoms with Gasteiger partial charge < -0.3 is 36.6 Å². The van der Waals surface area contributed by atoms with Gasteiger partial charge in [0.05, 0.1) is 6.04 Å². The van der Waals surface area contributed by atoms with Crippen LogP contribution in [0.2, 0.25) is 0 Å². The second-order valence-electron chi connectivity index (χ2n) is 9.69. The third-order valence-corrected chi connectivity index (χ3v) is 8.68. The van der Waals surface area contributed by atoms with Gasteiger partial charge in [-0.15, -0.1) is 0 Å². The lowest BCUT2D eigenvalue weighted by atomic mass is 10.1. The topological polar surface area (TPSA) is 143 Å². The van der Waals surface area contributed by atoms with E-state index in [2.05, 4.69) is 27.8 Å². The first-order chi connectivity index (χ1) is 18.3. The van der Waals surface area contributed by atoms with E-state index < -0.39 is 24.3 Å². The normalized spacial score (nSPS) is 12.9. The molecule has 224 valence electrons. The van der Waals surface area contributed by atoms with E-state index in [-0.39, 0.29) is 5.91 Å². The molecule has 0 spiro atoms. The minimum absolute atomic E-state index is 0.204. The molecule has 0 aromatic heterocycles. The van der Waals surface area contributed by atoms with Crippen LogP contribution in [0.25, 0.3) is 0 Å². The average molecular weight is 579 g/mol. The molecule has 0 aliphatic heterocycles. The molecule has 0 radical (unpaired) electrons. The number of carbonyl (C=O) groups is 2. The molecule has 9 nitrogen and oxygen atoms in total. The van der Waals surface area contributed by atoms with E-state index in [1.165, 1.54) is 30.1 Å². The van der Waals surface area contributed by atoms with Gasteiger partial charge >= 0.3 is 5.97 Å². The number of rotatable bonds is 28. The van der Waals surface area contributed by atoms with Gasteiger partial charge in [-0.25, -0.2) is 4.79 Å². The van der Waals surface area contributed by atoms with Crippen LogP contribution < -0.4 is 21.3 Å². The first-order valence-corrected chi connectivity index (χ1v) is 16.7. The third kappa shape index (κ3) is 23.0.